The first-order chi connectivity index (χ1) is 9.06. The van der Waals surface area contributed by atoms with E-state index in [1.165, 1.54) is 0 Å². The number of rotatable bonds is 5. The molecule has 0 unspecified atom stereocenters. The summed E-state index contributed by atoms with van der Waals surface area (Å²) in [5.41, 5.74) is 1.59. The Bertz CT molecular complexity index is 593. The van der Waals surface area contributed by atoms with E-state index in [2.05, 4.69) is 6.58 Å². The summed E-state index contributed by atoms with van der Waals surface area (Å²) in [4.78, 5) is 0. The van der Waals surface area contributed by atoms with Gasteiger partial charge in [0.05, 0.1) is 6.61 Å². The molecule has 98 valence electrons. The summed E-state index contributed by atoms with van der Waals surface area (Å²) in [7, 11) is -1.43. The molecule has 3 nitrogen and oxygen atoms in total. The molecule has 0 radical (unpaired) electrons. The van der Waals surface area contributed by atoms with Gasteiger partial charge in [0.2, 0.25) is 0 Å². The minimum atomic E-state index is -1.43. The summed E-state index contributed by atoms with van der Waals surface area (Å²) in [6.45, 7) is 6.43. The van der Waals surface area contributed by atoms with Crippen LogP contribution >= 0.6 is 0 Å². The summed E-state index contributed by atoms with van der Waals surface area (Å²) >= 11 is 0. The van der Waals surface area contributed by atoms with Crippen molar-refractivity contribution in [1.82, 2.24) is 0 Å². The second-order valence-electron chi connectivity index (χ2n) is 4.70. The standard InChI is InChI=1S/C15H17BO3/c1-11(2)7-8-19-15-6-4-12-9-14(16(17)18)5-3-13(12)10-15/h3-6,9-10,17-18H,1,7-8H2,2H3. The van der Waals surface area contributed by atoms with Crippen molar-refractivity contribution in [3.8, 4) is 5.75 Å². The third kappa shape index (κ3) is 3.59. The summed E-state index contributed by atoms with van der Waals surface area (Å²) in [6.07, 6.45) is 0.841. The van der Waals surface area contributed by atoms with Crippen LogP contribution in [0.25, 0.3) is 10.8 Å². The lowest BCUT2D eigenvalue weighted by molar-refractivity contribution is 0.322. The Morgan fingerprint density at radius 3 is 2.53 bits per heavy atom. The van der Waals surface area contributed by atoms with E-state index in [9.17, 15) is 0 Å². The Hall–Kier alpha value is -1.78. The van der Waals surface area contributed by atoms with Crippen LogP contribution in [0.3, 0.4) is 0 Å². The molecule has 0 aromatic heterocycles. The van der Waals surface area contributed by atoms with Crippen molar-refractivity contribution in [3.05, 3.63) is 48.6 Å². The van der Waals surface area contributed by atoms with Gasteiger partial charge in [-0.1, -0.05) is 29.8 Å². The van der Waals surface area contributed by atoms with Crippen molar-refractivity contribution in [1.29, 1.82) is 0 Å². The number of hydrogen-bond acceptors (Lipinski definition) is 3. The molecule has 19 heavy (non-hydrogen) atoms. The first-order valence-corrected chi connectivity index (χ1v) is 6.23. The Kier molecular flexibility index (Phi) is 4.25. The maximum Gasteiger partial charge on any atom is 0.488 e. The van der Waals surface area contributed by atoms with Gasteiger partial charge in [-0.15, -0.1) is 6.58 Å². The molecule has 0 saturated heterocycles. The van der Waals surface area contributed by atoms with Crippen LogP contribution in [0.4, 0.5) is 0 Å². The van der Waals surface area contributed by atoms with E-state index >= 15 is 0 Å². The molecule has 0 fully saturated rings. The van der Waals surface area contributed by atoms with Crippen molar-refractivity contribution < 1.29 is 14.8 Å². The van der Waals surface area contributed by atoms with Gasteiger partial charge in [0.25, 0.3) is 0 Å². The van der Waals surface area contributed by atoms with Gasteiger partial charge in [-0.2, -0.15) is 0 Å². The van der Waals surface area contributed by atoms with Crippen LogP contribution in [0.5, 0.6) is 5.75 Å². The number of benzene rings is 2. The molecule has 0 saturated carbocycles. The highest BCUT2D eigenvalue weighted by atomic mass is 16.5. The van der Waals surface area contributed by atoms with Gasteiger partial charge >= 0.3 is 7.12 Å². The monoisotopic (exact) mass is 256 g/mol. The molecule has 0 aliphatic carbocycles. The fourth-order valence-electron chi connectivity index (χ4n) is 1.84. The highest BCUT2D eigenvalue weighted by Crippen LogP contribution is 2.20. The third-order valence-corrected chi connectivity index (χ3v) is 2.93. The molecule has 2 N–H and O–H groups in total. The quantitative estimate of drug-likeness (QED) is 0.634. The molecule has 2 aromatic carbocycles. The van der Waals surface area contributed by atoms with Gasteiger partial charge < -0.3 is 14.8 Å². The molecule has 0 amide bonds. The van der Waals surface area contributed by atoms with E-state index in [1.54, 1.807) is 12.1 Å². The van der Waals surface area contributed by atoms with Crippen LogP contribution in [0.2, 0.25) is 0 Å². The minimum absolute atomic E-state index is 0.489. The molecule has 4 heteroatoms. The van der Waals surface area contributed by atoms with Gasteiger partial charge in [-0.3, -0.25) is 0 Å². The molecule has 0 heterocycles. The second kappa shape index (κ2) is 5.91. The molecule has 2 rings (SSSR count). The lowest BCUT2D eigenvalue weighted by atomic mass is 9.79. The maximum atomic E-state index is 9.13. The summed E-state index contributed by atoms with van der Waals surface area (Å²) < 4.78 is 5.64. The van der Waals surface area contributed by atoms with Crippen LogP contribution in [-0.2, 0) is 0 Å². The minimum Gasteiger partial charge on any atom is -0.493 e. The summed E-state index contributed by atoms with van der Waals surface area (Å²) in [5, 5.41) is 20.2. The third-order valence-electron chi connectivity index (χ3n) is 2.93. The largest absolute Gasteiger partial charge is 0.493 e. The van der Waals surface area contributed by atoms with E-state index in [-0.39, 0.29) is 0 Å². The Morgan fingerprint density at radius 2 is 1.84 bits per heavy atom. The Labute approximate surface area is 113 Å². The molecule has 2 aromatic rings. The number of hydrogen-bond donors (Lipinski definition) is 2. The van der Waals surface area contributed by atoms with Gasteiger partial charge in [0.1, 0.15) is 5.75 Å². The maximum absolute atomic E-state index is 9.13. The smallest absolute Gasteiger partial charge is 0.488 e. The summed E-state index contributed by atoms with van der Waals surface area (Å²) in [6, 6.07) is 11.1. The predicted octanol–water partition coefficient (Wildman–Crippen LogP) is 1.86. The van der Waals surface area contributed by atoms with Gasteiger partial charge in [-0.05, 0) is 35.3 Å². The highest BCUT2D eigenvalue weighted by Gasteiger charge is 2.10. The van der Waals surface area contributed by atoms with Crippen LogP contribution in [0.1, 0.15) is 13.3 Å². The number of ether oxygens (including phenoxy) is 1. The van der Waals surface area contributed by atoms with Crippen molar-refractivity contribution >= 4 is 23.4 Å². The second-order valence-corrected chi connectivity index (χ2v) is 4.70. The average molecular weight is 256 g/mol. The molecule has 0 aliphatic rings. The van der Waals surface area contributed by atoms with Crippen LogP contribution in [0.15, 0.2) is 48.6 Å². The van der Waals surface area contributed by atoms with Crippen LogP contribution in [0, 0.1) is 0 Å². The first kappa shape index (κ1) is 13.7. The molecule has 0 spiro atoms. The van der Waals surface area contributed by atoms with E-state index < -0.39 is 7.12 Å². The van der Waals surface area contributed by atoms with Crippen molar-refractivity contribution in [2.24, 2.45) is 0 Å². The fraction of sp³-hybridized carbons (Fsp3) is 0.200. The normalized spacial score (nSPS) is 10.5. The van der Waals surface area contributed by atoms with Crippen molar-refractivity contribution in [2.45, 2.75) is 13.3 Å². The lowest BCUT2D eigenvalue weighted by Crippen LogP contribution is -2.29. The Balaban J connectivity index is 2.17. The fourth-order valence-corrected chi connectivity index (χ4v) is 1.84. The van der Waals surface area contributed by atoms with Crippen molar-refractivity contribution in [2.75, 3.05) is 6.61 Å². The molecule has 0 bridgehead atoms. The average Bonchev–Trinajstić information content (AvgIpc) is 2.37. The molecule has 0 aliphatic heterocycles. The lowest BCUT2D eigenvalue weighted by Gasteiger charge is -2.08. The number of fused-ring (bicyclic) bond motifs is 1. The molecular formula is C15H17BO3. The zero-order valence-electron chi connectivity index (χ0n) is 11.0. The molecular weight excluding hydrogens is 239 g/mol. The van der Waals surface area contributed by atoms with Gasteiger partial charge in [0, 0.05) is 6.42 Å². The van der Waals surface area contributed by atoms with E-state index in [4.69, 9.17) is 14.8 Å². The van der Waals surface area contributed by atoms with Gasteiger partial charge in [-0.25, -0.2) is 0 Å². The van der Waals surface area contributed by atoms with Crippen LogP contribution < -0.4 is 10.2 Å². The topological polar surface area (TPSA) is 49.7 Å². The van der Waals surface area contributed by atoms with E-state index in [0.29, 0.717) is 12.1 Å². The van der Waals surface area contributed by atoms with E-state index in [0.717, 1.165) is 28.5 Å². The highest BCUT2D eigenvalue weighted by molar-refractivity contribution is 6.58. The SMILES string of the molecule is C=C(C)CCOc1ccc2cc(B(O)O)ccc2c1. The van der Waals surface area contributed by atoms with Crippen LogP contribution in [-0.4, -0.2) is 23.8 Å². The molecule has 0 atom stereocenters. The Morgan fingerprint density at radius 1 is 1.16 bits per heavy atom. The van der Waals surface area contributed by atoms with E-state index in [1.807, 2.05) is 31.2 Å². The predicted molar refractivity (Wildman–Crippen MR) is 78.7 cm³/mol. The first-order valence-electron chi connectivity index (χ1n) is 6.23. The zero-order chi connectivity index (χ0) is 13.8. The zero-order valence-corrected chi connectivity index (χ0v) is 11.0. The summed E-state index contributed by atoms with van der Waals surface area (Å²) in [5.74, 6) is 0.811. The van der Waals surface area contributed by atoms with Crippen molar-refractivity contribution in [3.63, 3.8) is 0 Å². The van der Waals surface area contributed by atoms with Gasteiger partial charge in [0.15, 0.2) is 0 Å².